The first kappa shape index (κ1) is 28.8. The van der Waals surface area contributed by atoms with Crippen molar-refractivity contribution in [2.24, 2.45) is 11.7 Å². The number of aromatic amines is 1. The molecule has 3 aromatic rings. The fourth-order valence-corrected chi connectivity index (χ4v) is 5.20. The van der Waals surface area contributed by atoms with Crippen LogP contribution < -0.4 is 16.4 Å². The van der Waals surface area contributed by atoms with Gasteiger partial charge in [0.05, 0.1) is 6.04 Å². The Hall–Kier alpha value is -4.18. The van der Waals surface area contributed by atoms with Crippen LogP contribution in [0.2, 0.25) is 0 Å². The monoisotopic (exact) mass is 547 g/mol. The molecule has 1 fully saturated rings. The lowest BCUT2D eigenvalue weighted by atomic mass is 10.00. The summed E-state index contributed by atoms with van der Waals surface area (Å²) in [6.07, 6.45) is 3.26. The SMILES string of the molecule is CC(C)C(NC(=O)C(N)Cc1c[nH]c2ccccc12)C(=O)N1CCCC1C(=O)NC(Cc1ccccc1)C(=O)O. The molecule has 1 aliphatic heterocycles. The second kappa shape index (κ2) is 12.8. The number of carboxylic acid groups (broad SMARTS) is 1. The molecule has 1 aromatic heterocycles. The molecule has 4 unspecified atom stereocenters. The number of carbonyl (C=O) groups is 4. The van der Waals surface area contributed by atoms with Crippen molar-refractivity contribution in [2.75, 3.05) is 6.54 Å². The maximum Gasteiger partial charge on any atom is 0.326 e. The first-order valence-corrected chi connectivity index (χ1v) is 13.6. The molecule has 6 N–H and O–H groups in total. The van der Waals surface area contributed by atoms with E-state index in [-0.39, 0.29) is 18.2 Å². The summed E-state index contributed by atoms with van der Waals surface area (Å²) in [5, 5.41) is 16.1. The number of amides is 3. The molecule has 3 amide bonds. The first-order valence-electron chi connectivity index (χ1n) is 13.6. The van der Waals surface area contributed by atoms with Crippen molar-refractivity contribution in [3.8, 4) is 0 Å². The van der Waals surface area contributed by atoms with Gasteiger partial charge in [0.2, 0.25) is 17.7 Å². The van der Waals surface area contributed by atoms with Crippen LogP contribution in [0.1, 0.15) is 37.8 Å². The molecule has 0 aliphatic carbocycles. The number of hydrogen-bond acceptors (Lipinski definition) is 5. The van der Waals surface area contributed by atoms with E-state index in [1.54, 1.807) is 24.3 Å². The van der Waals surface area contributed by atoms with Crippen LogP contribution >= 0.6 is 0 Å². The van der Waals surface area contributed by atoms with Crippen LogP contribution in [-0.2, 0) is 32.0 Å². The molecule has 212 valence electrons. The number of nitrogens with zero attached hydrogens (tertiary/aromatic N) is 1. The predicted molar refractivity (Wildman–Crippen MR) is 151 cm³/mol. The number of rotatable bonds is 11. The van der Waals surface area contributed by atoms with Gasteiger partial charge in [-0.1, -0.05) is 62.4 Å². The largest absolute Gasteiger partial charge is 0.480 e. The van der Waals surface area contributed by atoms with Crippen LogP contribution in [0, 0.1) is 5.92 Å². The molecule has 4 atom stereocenters. The summed E-state index contributed by atoms with van der Waals surface area (Å²) in [6.45, 7) is 3.98. The highest BCUT2D eigenvalue weighted by Gasteiger charge is 2.40. The highest BCUT2D eigenvalue weighted by Crippen LogP contribution is 2.22. The van der Waals surface area contributed by atoms with Crippen LogP contribution in [0.3, 0.4) is 0 Å². The maximum absolute atomic E-state index is 13.6. The zero-order valence-electron chi connectivity index (χ0n) is 22.8. The molecule has 40 heavy (non-hydrogen) atoms. The van der Waals surface area contributed by atoms with Gasteiger partial charge >= 0.3 is 5.97 Å². The number of aromatic nitrogens is 1. The molecule has 4 rings (SSSR count). The molecule has 0 spiro atoms. The van der Waals surface area contributed by atoms with Crippen LogP contribution in [0.4, 0.5) is 0 Å². The quantitative estimate of drug-likeness (QED) is 0.247. The number of fused-ring (bicyclic) bond motifs is 1. The number of aliphatic carboxylic acids is 1. The minimum atomic E-state index is -1.15. The lowest BCUT2D eigenvalue weighted by Gasteiger charge is -2.31. The van der Waals surface area contributed by atoms with E-state index in [1.165, 1.54) is 4.90 Å². The lowest BCUT2D eigenvalue weighted by molar-refractivity contribution is -0.145. The Labute approximate surface area is 233 Å². The standard InChI is InChI=1S/C30H37N5O5/c1-18(2)26(34-27(36)22(31)16-20-17-32-23-12-7-6-11-21(20)23)29(38)35-14-8-13-25(35)28(37)33-24(30(39)40)15-19-9-4-3-5-10-19/h3-7,9-12,17-18,22,24-26,32H,8,13-16,31H2,1-2H3,(H,33,37)(H,34,36)(H,39,40). The second-order valence-corrected chi connectivity index (χ2v) is 10.7. The van der Waals surface area contributed by atoms with Crippen molar-refractivity contribution in [3.63, 3.8) is 0 Å². The van der Waals surface area contributed by atoms with E-state index >= 15 is 0 Å². The lowest BCUT2D eigenvalue weighted by Crippen LogP contribution is -2.58. The number of benzene rings is 2. The molecule has 0 radical (unpaired) electrons. The fraction of sp³-hybridized carbons (Fsp3) is 0.400. The molecule has 2 heterocycles. The van der Waals surface area contributed by atoms with Gasteiger partial charge < -0.3 is 31.4 Å². The normalized spacial score (nSPS) is 17.4. The highest BCUT2D eigenvalue weighted by atomic mass is 16.4. The minimum absolute atomic E-state index is 0.127. The summed E-state index contributed by atoms with van der Waals surface area (Å²) < 4.78 is 0. The first-order chi connectivity index (χ1) is 19.2. The molecule has 10 nitrogen and oxygen atoms in total. The predicted octanol–water partition coefficient (Wildman–Crippen LogP) is 1.98. The Kier molecular flexibility index (Phi) is 9.21. The molecular weight excluding hydrogens is 510 g/mol. The molecule has 0 bridgehead atoms. The van der Waals surface area contributed by atoms with E-state index < -0.39 is 42.0 Å². The molecular formula is C30H37N5O5. The van der Waals surface area contributed by atoms with Gasteiger partial charge in [-0.2, -0.15) is 0 Å². The van der Waals surface area contributed by atoms with Crippen molar-refractivity contribution in [3.05, 3.63) is 71.9 Å². The van der Waals surface area contributed by atoms with Gasteiger partial charge in [0, 0.05) is 30.1 Å². The number of likely N-dealkylation sites (tertiary alicyclic amines) is 1. The van der Waals surface area contributed by atoms with E-state index in [0.717, 1.165) is 22.0 Å². The average molecular weight is 548 g/mol. The van der Waals surface area contributed by atoms with E-state index in [1.807, 2.05) is 50.4 Å². The van der Waals surface area contributed by atoms with E-state index in [4.69, 9.17) is 5.73 Å². The summed E-state index contributed by atoms with van der Waals surface area (Å²) in [5.41, 5.74) is 8.89. The van der Waals surface area contributed by atoms with Crippen LogP contribution in [0.25, 0.3) is 10.9 Å². The molecule has 1 aliphatic rings. The second-order valence-electron chi connectivity index (χ2n) is 10.7. The summed E-state index contributed by atoms with van der Waals surface area (Å²) in [7, 11) is 0. The molecule has 1 saturated heterocycles. The number of nitrogens with one attached hydrogen (secondary N) is 3. The number of H-pyrrole nitrogens is 1. The van der Waals surface area contributed by atoms with Crippen molar-refractivity contribution in [1.29, 1.82) is 0 Å². The van der Waals surface area contributed by atoms with E-state index in [0.29, 0.717) is 25.8 Å². The van der Waals surface area contributed by atoms with Crippen molar-refractivity contribution < 1.29 is 24.3 Å². The third-order valence-corrected chi connectivity index (χ3v) is 7.42. The van der Waals surface area contributed by atoms with Crippen LogP contribution in [-0.4, -0.2) is 69.4 Å². The van der Waals surface area contributed by atoms with Gasteiger partial charge in [-0.05, 0) is 42.4 Å². The zero-order chi connectivity index (χ0) is 28.8. The number of hydrogen-bond donors (Lipinski definition) is 5. The zero-order valence-corrected chi connectivity index (χ0v) is 22.8. The molecule has 2 aromatic carbocycles. The van der Waals surface area contributed by atoms with Crippen LogP contribution in [0.15, 0.2) is 60.8 Å². The number of para-hydroxylation sites is 1. The van der Waals surface area contributed by atoms with Crippen molar-refractivity contribution >= 4 is 34.6 Å². The highest BCUT2D eigenvalue weighted by molar-refractivity contribution is 5.95. The van der Waals surface area contributed by atoms with Crippen molar-refractivity contribution in [1.82, 2.24) is 20.5 Å². The third kappa shape index (κ3) is 6.69. The number of carboxylic acids is 1. The Morgan fingerprint density at radius 1 is 1.02 bits per heavy atom. The smallest absolute Gasteiger partial charge is 0.326 e. The van der Waals surface area contributed by atoms with Gasteiger partial charge in [-0.3, -0.25) is 14.4 Å². The van der Waals surface area contributed by atoms with Gasteiger partial charge in [0.1, 0.15) is 18.1 Å². The summed E-state index contributed by atoms with van der Waals surface area (Å²) in [4.78, 5) is 56.4. The van der Waals surface area contributed by atoms with Gasteiger partial charge in [0.15, 0.2) is 0 Å². The van der Waals surface area contributed by atoms with Crippen LogP contribution in [0.5, 0.6) is 0 Å². The molecule has 0 saturated carbocycles. The average Bonchev–Trinajstić information content (AvgIpc) is 3.59. The Morgan fingerprint density at radius 2 is 1.73 bits per heavy atom. The van der Waals surface area contributed by atoms with Crippen molar-refractivity contribution in [2.45, 2.75) is 63.7 Å². The topological polar surface area (TPSA) is 158 Å². The molecule has 10 heteroatoms. The maximum atomic E-state index is 13.6. The summed E-state index contributed by atoms with van der Waals surface area (Å²) in [6, 6.07) is 13.1. The Bertz CT molecular complexity index is 1350. The van der Waals surface area contributed by atoms with Gasteiger partial charge in [-0.25, -0.2) is 4.79 Å². The summed E-state index contributed by atoms with van der Waals surface area (Å²) in [5.74, 6) is -2.75. The van der Waals surface area contributed by atoms with Gasteiger partial charge in [-0.15, -0.1) is 0 Å². The van der Waals surface area contributed by atoms with E-state index in [2.05, 4.69) is 15.6 Å². The third-order valence-electron chi connectivity index (χ3n) is 7.42. The summed E-state index contributed by atoms with van der Waals surface area (Å²) >= 11 is 0. The number of nitrogens with two attached hydrogens (primary N) is 1. The Morgan fingerprint density at radius 3 is 2.42 bits per heavy atom. The minimum Gasteiger partial charge on any atom is -0.480 e. The fourth-order valence-electron chi connectivity index (χ4n) is 5.20. The number of carbonyl (C=O) groups excluding carboxylic acids is 3. The van der Waals surface area contributed by atoms with E-state index in [9.17, 15) is 24.3 Å². The van der Waals surface area contributed by atoms with Gasteiger partial charge in [0.25, 0.3) is 0 Å². The Balaban J connectivity index is 1.41.